The fourth-order valence-corrected chi connectivity index (χ4v) is 1.26. The molecule has 0 bridgehead atoms. The summed E-state index contributed by atoms with van der Waals surface area (Å²) in [6.45, 7) is 3.97. The molecule has 0 spiro atoms. The van der Waals surface area contributed by atoms with Gasteiger partial charge in [-0.05, 0) is 24.5 Å². The van der Waals surface area contributed by atoms with E-state index in [0.717, 1.165) is 12.0 Å². The zero-order chi connectivity index (χ0) is 9.68. The van der Waals surface area contributed by atoms with Crippen LogP contribution in [0.25, 0.3) is 6.08 Å². The highest BCUT2D eigenvalue weighted by atomic mass is 16.3. The van der Waals surface area contributed by atoms with Crippen LogP contribution in [0.2, 0.25) is 0 Å². The van der Waals surface area contributed by atoms with Crippen LogP contribution in [0.4, 0.5) is 0 Å². The van der Waals surface area contributed by atoms with Gasteiger partial charge < -0.3 is 5.11 Å². The summed E-state index contributed by atoms with van der Waals surface area (Å²) in [6, 6.07) is 8.00. The summed E-state index contributed by atoms with van der Waals surface area (Å²) in [7, 11) is 0. The zero-order valence-electron chi connectivity index (χ0n) is 8.20. The second kappa shape index (κ2) is 4.83. The minimum Gasteiger partial charge on any atom is -0.388 e. The van der Waals surface area contributed by atoms with Gasteiger partial charge in [-0.1, -0.05) is 43.3 Å². The molecule has 0 aliphatic rings. The van der Waals surface area contributed by atoms with Gasteiger partial charge in [0.05, 0.1) is 6.10 Å². The van der Waals surface area contributed by atoms with Gasteiger partial charge in [-0.15, -0.1) is 0 Å². The van der Waals surface area contributed by atoms with Crippen molar-refractivity contribution in [3.63, 3.8) is 0 Å². The lowest BCUT2D eigenvalue weighted by atomic mass is 10.1. The first-order valence-corrected chi connectivity index (χ1v) is 4.68. The Morgan fingerprint density at radius 2 is 1.92 bits per heavy atom. The Labute approximate surface area is 79.7 Å². The Balaban J connectivity index is 2.80. The molecular formula is C12H16O. The monoisotopic (exact) mass is 176 g/mol. The van der Waals surface area contributed by atoms with Crippen LogP contribution >= 0.6 is 0 Å². The molecule has 0 aliphatic carbocycles. The van der Waals surface area contributed by atoms with E-state index in [1.165, 1.54) is 5.56 Å². The first-order chi connectivity index (χ1) is 6.27. The van der Waals surface area contributed by atoms with Crippen LogP contribution < -0.4 is 0 Å². The lowest BCUT2D eigenvalue weighted by Gasteiger charge is -2.07. The standard InChI is InChI=1S/C12H16O/c1-3-5-10-6-8-11(9-7-10)12(13)4-2/h3,5-9,12-13H,4H2,1-2H3/b5-3+. The molecule has 1 N–H and O–H groups in total. The molecule has 0 fully saturated rings. The minimum atomic E-state index is -0.320. The highest BCUT2D eigenvalue weighted by Gasteiger charge is 2.02. The molecule has 0 saturated carbocycles. The zero-order valence-corrected chi connectivity index (χ0v) is 8.20. The highest BCUT2D eigenvalue weighted by Crippen LogP contribution is 2.16. The number of hydrogen-bond donors (Lipinski definition) is 1. The van der Waals surface area contributed by atoms with E-state index < -0.39 is 0 Å². The molecule has 1 aromatic carbocycles. The van der Waals surface area contributed by atoms with Gasteiger partial charge >= 0.3 is 0 Å². The van der Waals surface area contributed by atoms with Crippen LogP contribution in [-0.4, -0.2) is 5.11 Å². The van der Waals surface area contributed by atoms with E-state index in [2.05, 4.69) is 0 Å². The van der Waals surface area contributed by atoms with Gasteiger partial charge in [0.2, 0.25) is 0 Å². The van der Waals surface area contributed by atoms with Crippen LogP contribution in [-0.2, 0) is 0 Å². The Morgan fingerprint density at radius 1 is 1.31 bits per heavy atom. The van der Waals surface area contributed by atoms with Gasteiger partial charge in [-0.3, -0.25) is 0 Å². The predicted octanol–water partition coefficient (Wildman–Crippen LogP) is 3.16. The van der Waals surface area contributed by atoms with Gasteiger partial charge in [0.1, 0.15) is 0 Å². The van der Waals surface area contributed by atoms with Crippen molar-refractivity contribution in [2.45, 2.75) is 26.4 Å². The smallest absolute Gasteiger partial charge is 0.0787 e. The van der Waals surface area contributed by atoms with Gasteiger partial charge in [-0.2, -0.15) is 0 Å². The number of aliphatic hydroxyl groups excluding tert-OH is 1. The van der Waals surface area contributed by atoms with Crippen molar-refractivity contribution < 1.29 is 5.11 Å². The third kappa shape index (κ3) is 2.71. The summed E-state index contributed by atoms with van der Waals surface area (Å²) >= 11 is 0. The number of hydrogen-bond acceptors (Lipinski definition) is 1. The highest BCUT2D eigenvalue weighted by molar-refractivity contribution is 5.49. The summed E-state index contributed by atoms with van der Waals surface area (Å²) in [5.74, 6) is 0. The van der Waals surface area contributed by atoms with Crippen molar-refractivity contribution >= 4 is 6.08 Å². The summed E-state index contributed by atoms with van der Waals surface area (Å²) in [5.41, 5.74) is 2.17. The number of benzene rings is 1. The molecule has 1 unspecified atom stereocenters. The molecule has 0 heterocycles. The Bertz CT molecular complexity index is 272. The van der Waals surface area contributed by atoms with E-state index in [9.17, 15) is 5.11 Å². The number of rotatable bonds is 3. The quantitative estimate of drug-likeness (QED) is 0.750. The molecular weight excluding hydrogens is 160 g/mol. The van der Waals surface area contributed by atoms with Crippen LogP contribution in [0.3, 0.4) is 0 Å². The summed E-state index contributed by atoms with van der Waals surface area (Å²) < 4.78 is 0. The maximum atomic E-state index is 9.53. The van der Waals surface area contributed by atoms with E-state index in [-0.39, 0.29) is 6.10 Å². The van der Waals surface area contributed by atoms with Crippen molar-refractivity contribution in [2.24, 2.45) is 0 Å². The van der Waals surface area contributed by atoms with E-state index in [1.807, 2.05) is 50.3 Å². The lowest BCUT2D eigenvalue weighted by Crippen LogP contribution is -1.94. The Morgan fingerprint density at radius 3 is 2.38 bits per heavy atom. The van der Waals surface area contributed by atoms with Crippen LogP contribution in [0.15, 0.2) is 30.3 Å². The predicted molar refractivity (Wildman–Crippen MR) is 56.4 cm³/mol. The van der Waals surface area contributed by atoms with Gasteiger partial charge in [0.25, 0.3) is 0 Å². The van der Waals surface area contributed by atoms with Crippen molar-refractivity contribution in [1.29, 1.82) is 0 Å². The maximum Gasteiger partial charge on any atom is 0.0787 e. The van der Waals surface area contributed by atoms with Crippen molar-refractivity contribution in [2.75, 3.05) is 0 Å². The molecule has 1 aromatic rings. The van der Waals surface area contributed by atoms with Crippen LogP contribution in [0, 0.1) is 0 Å². The average molecular weight is 176 g/mol. The molecule has 0 amide bonds. The molecule has 1 rings (SSSR count). The summed E-state index contributed by atoms with van der Waals surface area (Å²) in [5, 5.41) is 9.53. The van der Waals surface area contributed by atoms with Gasteiger partial charge in [0.15, 0.2) is 0 Å². The Hall–Kier alpha value is -1.08. The van der Waals surface area contributed by atoms with Gasteiger partial charge in [-0.25, -0.2) is 0 Å². The molecule has 1 heteroatoms. The maximum absolute atomic E-state index is 9.53. The number of allylic oxidation sites excluding steroid dienone is 1. The minimum absolute atomic E-state index is 0.320. The summed E-state index contributed by atoms with van der Waals surface area (Å²) in [4.78, 5) is 0. The fourth-order valence-electron chi connectivity index (χ4n) is 1.26. The second-order valence-electron chi connectivity index (χ2n) is 3.09. The lowest BCUT2D eigenvalue weighted by molar-refractivity contribution is 0.173. The molecule has 0 saturated heterocycles. The SMILES string of the molecule is C/C=C/c1ccc(C(O)CC)cc1. The molecule has 0 radical (unpaired) electrons. The largest absolute Gasteiger partial charge is 0.388 e. The topological polar surface area (TPSA) is 20.2 Å². The third-order valence-electron chi connectivity index (χ3n) is 2.07. The normalized spacial score (nSPS) is 13.5. The van der Waals surface area contributed by atoms with Crippen LogP contribution in [0.5, 0.6) is 0 Å². The molecule has 1 atom stereocenters. The first-order valence-electron chi connectivity index (χ1n) is 4.68. The Kier molecular flexibility index (Phi) is 3.71. The van der Waals surface area contributed by atoms with Crippen LogP contribution in [0.1, 0.15) is 37.5 Å². The van der Waals surface area contributed by atoms with E-state index in [0.29, 0.717) is 0 Å². The van der Waals surface area contributed by atoms with Crippen molar-refractivity contribution in [1.82, 2.24) is 0 Å². The molecule has 70 valence electrons. The van der Waals surface area contributed by atoms with Crippen molar-refractivity contribution in [3.8, 4) is 0 Å². The second-order valence-corrected chi connectivity index (χ2v) is 3.09. The average Bonchev–Trinajstić information content (AvgIpc) is 2.18. The van der Waals surface area contributed by atoms with E-state index >= 15 is 0 Å². The van der Waals surface area contributed by atoms with Crippen molar-refractivity contribution in [3.05, 3.63) is 41.5 Å². The molecule has 0 aromatic heterocycles. The number of aliphatic hydroxyl groups is 1. The van der Waals surface area contributed by atoms with Gasteiger partial charge in [0, 0.05) is 0 Å². The molecule has 13 heavy (non-hydrogen) atoms. The van der Waals surface area contributed by atoms with E-state index in [1.54, 1.807) is 0 Å². The molecule has 0 aliphatic heterocycles. The fraction of sp³-hybridized carbons (Fsp3) is 0.333. The third-order valence-corrected chi connectivity index (χ3v) is 2.07. The molecule has 1 nitrogen and oxygen atoms in total. The van der Waals surface area contributed by atoms with E-state index in [4.69, 9.17) is 0 Å². The first kappa shape index (κ1) is 10.0. The summed E-state index contributed by atoms with van der Waals surface area (Å²) in [6.07, 6.45) is 4.50.